The predicted molar refractivity (Wildman–Crippen MR) is 113 cm³/mol. The van der Waals surface area contributed by atoms with Gasteiger partial charge in [0.2, 0.25) is 0 Å². The summed E-state index contributed by atoms with van der Waals surface area (Å²) in [4.78, 5) is 5.11. The van der Waals surface area contributed by atoms with E-state index in [4.69, 9.17) is 0 Å². The number of rotatable bonds is 6. The Kier molecular flexibility index (Phi) is 6.31. The van der Waals surface area contributed by atoms with Crippen LogP contribution in [0.2, 0.25) is 0 Å². The van der Waals surface area contributed by atoms with Crippen LogP contribution < -0.4 is 4.90 Å². The fourth-order valence-electron chi connectivity index (χ4n) is 5.00. The number of benzene rings is 1. The molecule has 3 heteroatoms. The number of para-hydroxylation sites is 1. The van der Waals surface area contributed by atoms with Crippen molar-refractivity contribution in [2.75, 3.05) is 31.1 Å². The van der Waals surface area contributed by atoms with E-state index in [-0.39, 0.29) is 0 Å². The molecule has 0 spiro atoms. The molecule has 3 nitrogen and oxygen atoms in total. The first-order valence-corrected chi connectivity index (χ1v) is 11.0. The minimum atomic E-state index is 0.320. The van der Waals surface area contributed by atoms with Gasteiger partial charge in [0.1, 0.15) is 0 Å². The highest BCUT2D eigenvalue weighted by Crippen LogP contribution is 2.36. The Balaban J connectivity index is 1.41. The first kappa shape index (κ1) is 18.8. The van der Waals surface area contributed by atoms with E-state index < -0.39 is 0 Å². The number of unbranched alkanes of at least 4 members (excludes halogenated alkanes) is 1. The van der Waals surface area contributed by atoms with Gasteiger partial charge in [-0.05, 0) is 81.7 Å². The van der Waals surface area contributed by atoms with Crippen LogP contribution in [0.4, 0.5) is 5.69 Å². The minimum absolute atomic E-state index is 0.320. The van der Waals surface area contributed by atoms with E-state index in [0.717, 1.165) is 32.5 Å². The largest absolute Gasteiger partial charge is 0.395 e. The van der Waals surface area contributed by atoms with Crippen molar-refractivity contribution in [2.45, 2.75) is 63.8 Å². The van der Waals surface area contributed by atoms with Crippen LogP contribution in [0.5, 0.6) is 0 Å². The molecule has 3 aliphatic rings. The molecule has 1 atom stereocenters. The van der Waals surface area contributed by atoms with Crippen molar-refractivity contribution < 1.29 is 5.11 Å². The summed E-state index contributed by atoms with van der Waals surface area (Å²) in [5.74, 6) is 0. The fourth-order valence-corrected chi connectivity index (χ4v) is 5.00. The quantitative estimate of drug-likeness (QED) is 0.741. The van der Waals surface area contributed by atoms with E-state index in [9.17, 15) is 5.11 Å². The van der Waals surface area contributed by atoms with E-state index in [1.54, 1.807) is 5.57 Å². The molecule has 27 heavy (non-hydrogen) atoms. The number of likely N-dealkylation sites (tertiary alicyclic amines) is 1. The Morgan fingerprint density at radius 3 is 2.74 bits per heavy atom. The summed E-state index contributed by atoms with van der Waals surface area (Å²) in [7, 11) is 0. The van der Waals surface area contributed by atoms with E-state index in [2.05, 4.69) is 46.2 Å². The van der Waals surface area contributed by atoms with E-state index in [1.165, 1.54) is 61.9 Å². The molecule has 1 saturated heterocycles. The number of aliphatic hydroxyl groups excluding tert-OH is 1. The molecule has 0 bridgehead atoms. The summed E-state index contributed by atoms with van der Waals surface area (Å²) >= 11 is 0. The van der Waals surface area contributed by atoms with Gasteiger partial charge in [-0.25, -0.2) is 0 Å². The van der Waals surface area contributed by atoms with Crippen LogP contribution in [0.25, 0.3) is 0 Å². The molecule has 146 valence electrons. The number of fused-ring (bicyclic) bond motifs is 2. The van der Waals surface area contributed by atoms with Crippen LogP contribution in [0, 0.1) is 0 Å². The summed E-state index contributed by atoms with van der Waals surface area (Å²) in [6.45, 7) is 3.70. The van der Waals surface area contributed by atoms with Crippen molar-refractivity contribution in [2.24, 2.45) is 0 Å². The van der Waals surface area contributed by atoms with Gasteiger partial charge in [-0.2, -0.15) is 0 Å². The van der Waals surface area contributed by atoms with Crippen molar-refractivity contribution in [1.29, 1.82) is 0 Å². The summed E-state index contributed by atoms with van der Waals surface area (Å²) in [5, 5.41) is 9.63. The first-order valence-electron chi connectivity index (χ1n) is 11.0. The molecular formula is C24H34N2O. The number of piperidine rings is 1. The summed E-state index contributed by atoms with van der Waals surface area (Å²) in [6, 6.07) is 9.37. The number of hydrogen-bond acceptors (Lipinski definition) is 3. The van der Waals surface area contributed by atoms with E-state index in [1.807, 2.05) is 0 Å². The van der Waals surface area contributed by atoms with Crippen molar-refractivity contribution in [3.8, 4) is 0 Å². The lowest BCUT2D eigenvalue weighted by atomic mass is 9.98. The first-order chi connectivity index (χ1) is 13.4. The lowest BCUT2D eigenvalue weighted by Crippen LogP contribution is -2.42. The van der Waals surface area contributed by atoms with Crippen LogP contribution in [-0.4, -0.2) is 42.3 Å². The highest BCUT2D eigenvalue weighted by Gasteiger charge is 2.24. The molecule has 2 heterocycles. The van der Waals surface area contributed by atoms with Gasteiger partial charge in [-0.15, -0.1) is 0 Å². The summed E-state index contributed by atoms with van der Waals surface area (Å²) in [5.41, 5.74) is 5.93. The average Bonchev–Trinajstić information content (AvgIpc) is 2.89. The lowest BCUT2D eigenvalue weighted by molar-refractivity contribution is 0.0889. The standard InChI is InChI=1S/C24H34N2O/c27-19-22-11-5-6-16-25(22)17-7-8-18-26-23-12-3-1-9-20(23)14-15-21-10-2-4-13-24(21)26/h1,3,9-10,12-13,22,27H,2,4-8,11,14-19H2. The zero-order valence-corrected chi connectivity index (χ0v) is 16.6. The molecule has 1 unspecified atom stereocenters. The Morgan fingerprint density at radius 2 is 1.81 bits per heavy atom. The lowest BCUT2D eigenvalue weighted by Gasteiger charge is -2.35. The zero-order chi connectivity index (χ0) is 18.5. The number of allylic oxidation sites excluding steroid dienone is 3. The maximum absolute atomic E-state index is 9.63. The second kappa shape index (κ2) is 9.07. The van der Waals surface area contributed by atoms with E-state index in [0.29, 0.717) is 12.6 Å². The third kappa shape index (κ3) is 4.30. The second-order valence-electron chi connectivity index (χ2n) is 8.25. The highest BCUT2D eigenvalue weighted by molar-refractivity contribution is 5.64. The highest BCUT2D eigenvalue weighted by atomic mass is 16.3. The number of hydrogen-bond donors (Lipinski definition) is 1. The topological polar surface area (TPSA) is 26.7 Å². The van der Waals surface area contributed by atoms with Gasteiger partial charge >= 0.3 is 0 Å². The molecular weight excluding hydrogens is 332 g/mol. The molecule has 0 aromatic heterocycles. The summed E-state index contributed by atoms with van der Waals surface area (Å²) < 4.78 is 0. The molecule has 1 aromatic rings. The predicted octanol–water partition coefficient (Wildman–Crippen LogP) is 4.67. The fraction of sp³-hybridized carbons (Fsp3) is 0.583. The third-order valence-electron chi connectivity index (χ3n) is 6.50. The second-order valence-corrected chi connectivity index (χ2v) is 8.25. The Hall–Kier alpha value is -1.58. The van der Waals surface area contributed by atoms with Gasteiger partial charge < -0.3 is 10.0 Å². The van der Waals surface area contributed by atoms with Gasteiger partial charge in [-0.1, -0.05) is 36.8 Å². The third-order valence-corrected chi connectivity index (χ3v) is 6.50. The van der Waals surface area contributed by atoms with Gasteiger partial charge in [-0.3, -0.25) is 4.90 Å². The van der Waals surface area contributed by atoms with Crippen LogP contribution in [-0.2, 0) is 6.42 Å². The normalized spacial score (nSPS) is 23.1. The number of aliphatic hydroxyl groups is 1. The minimum Gasteiger partial charge on any atom is -0.395 e. The molecule has 1 fully saturated rings. The van der Waals surface area contributed by atoms with Crippen LogP contribution in [0.3, 0.4) is 0 Å². The zero-order valence-electron chi connectivity index (χ0n) is 16.6. The number of aryl methyl sites for hydroxylation is 1. The molecule has 2 aliphatic heterocycles. The maximum atomic E-state index is 9.63. The molecule has 0 radical (unpaired) electrons. The SMILES string of the molecule is OCC1CCCCN1CCCCN1C2=CCCC=C2CCc2ccccc21. The van der Waals surface area contributed by atoms with Crippen molar-refractivity contribution >= 4 is 5.69 Å². The van der Waals surface area contributed by atoms with Crippen molar-refractivity contribution in [3.05, 3.63) is 53.3 Å². The van der Waals surface area contributed by atoms with Gasteiger partial charge in [0.15, 0.2) is 0 Å². The Labute approximate surface area is 164 Å². The molecule has 0 amide bonds. The van der Waals surface area contributed by atoms with Gasteiger partial charge in [0.05, 0.1) is 6.61 Å². The van der Waals surface area contributed by atoms with Crippen molar-refractivity contribution in [3.63, 3.8) is 0 Å². The Morgan fingerprint density at radius 1 is 0.963 bits per heavy atom. The van der Waals surface area contributed by atoms with Crippen LogP contribution in [0.1, 0.15) is 56.9 Å². The van der Waals surface area contributed by atoms with Crippen molar-refractivity contribution in [1.82, 2.24) is 4.90 Å². The van der Waals surface area contributed by atoms with Crippen LogP contribution >= 0.6 is 0 Å². The van der Waals surface area contributed by atoms with E-state index >= 15 is 0 Å². The van der Waals surface area contributed by atoms with Crippen LogP contribution in [0.15, 0.2) is 47.7 Å². The molecule has 0 saturated carbocycles. The summed E-state index contributed by atoms with van der Waals surface area (Å²) in [6.07, 6.45) is 15.8. The molecule has 4 rings (SSSR count). The Bertz CT molecular complexity index is 693. The molecule has 1 aliphatic carbocycles. The molecule has 1 aromatic carbocycles. The van der Waals surface area contributed by atoms with Gasteiger partial charge in [0, 0.05) is 24.0 Å². The average molecular weight is 367 g/mol. The smallest absolute Gasteiger partial charge is 0.0586 e. The van der Waals surface area contributed by atoms with Gasteiger partial charge in [0.25, 0.3) is 0 Å². The monoisotopic (exact) mass is 366 g/mol. The number of nitrogens with zero attached hydrogens (tertiary/aromatic N) is 2. The maximum Gasteiger partial charge on any atom is 0.0586 e. The molecule has 1 N–H and O–H groups in total. The number of anilines is 1.